The number of hydrogen-bond donors (Lipinski definition) is 0. The summed E-state index contributed by atoms with van der Waals surface area (Å²) in [6, 6.07) is 12.1. The van der Waals surface area contributed by atoms with Gasteiger partial charge in [-0.2, -0.15) is 0 Å². The Labute approximate surface area is 169 Å². The molecule has 4 heteroatoms. The van der Waals surface area contributed by atoms with E-state index in [1.807, 2.05) is 37.3 Å². The average molecular weight is 386 g/mol. The SMILES string of the molecule is CCCCN(CCCC)CCOC(=O)C(C)c1ccc2cc(OC)ccc2c1. The van der Waals surface area contributed by atoms with Crippen LogP contribution in [0.3, 0.4) is 0 Å². The zero-order valence-electron chi connectivity index (χ0n) is 17.9. The Kier molecular flexibility index (Phi) is 9.29. The second-order valence-electron chi connectivity index (χ2n) is 7.41. The molecule has 0 amide bonds. The normalized spacial score (nSPS) is 12.3. The first-order valence-corrected chi connectivity index (χ1v) is 10.6. The van der Waals surface area contributed by atoms with Gasteiger partial charge in [0.15, 0.2) is 0 Å². The molecule has 0 radical (unpaired) electrons. The molecule has 1 unspecified atom stereocenters. The van der Waals surface area contributed by atoms with E-state index in [1.54, 1.807) is 7.11 Å². The van der Waals surface area contributed by atoms with Gasteiger partial charge < -0.3 is 9.47 Å². The van der Waals surface area contributed by atoms with E-state index >= 15 is 0 Å². The fourth-order valence-corrected chi connectivity index (χ4v) is 3.27. The van der Waals surface area contributed by atoms with Gasteiger partial charge in [0, 0.05) is 6.54 Å². The van der Waals surface area contributed by atoms with Gasteiger partial charge in [-0.15, -0.1) is 0 Å². The predicted octanol–water partition coefficient (Wildman–Crippen LogP) is 5.40. The molecule has 0 aliphatic rings. The molecule has 0 saturated carbocycles. The van der Waals surface area contributed by atoms with Crippen molar-refractivity contribution < 1.29 is 14.3 Å². The van der Waals surface area contributed by atoms with Crippen molar-refractivity contribution >= 4 is 16.7 Å². The van der Waals surface area contributed by atoms with Crippen LogP contribution in [-0.2, 0) is 9.53 Å². The molecule has 0 spiro atoms. The molecule has 0 saturated heterocycles. The second kappa shape index (κ2) is 11.7. The maximum Gasteiger partial charge on any atom is 0.313 e. The van der Waals surface area contributed by atoms with Crippen LogP contribution in [0.25, 0.3) is 10.8 Å². The summed E-state index contributed by atoms with van der Waals surface area (Å²) in [5, 5.41) is 2.20. The third-order valence-electron chi connectivity index (χ3n) is 5.23. The van der Waals surface area contributed by atoms with Gasteiger partial charge in [-0.25, -0.2) is 0 Å². The molecule has 1 atom stereocenters. The molecule has 154 valence electrons. The number of ether oxygens (including phenoxy) is 2. The lowest BCUT2D eigenvalue weighted by atomic mass is 9.98. The van der Waals surface area contributed by atoms with Gasteiger partial charge in [0.2, 0.25) is 0 Å². The van der Waals surface area contributed by atoms with Crippen LogP contribution < -0.4 is 4.74 Å². The Morgan fingerprint density at radius 2 is 1.61 bits per heavy atom. The first-order valence-electron chi connectivity index (χ1n) is 10.6. The standard InChI is InChI=1S/C24H35NO3/c1-5-7-13-25(14-8-6-2)15-16-28-24(26)19(3)20-9-10-22-18-23(27-4)12-11-21(22)17-20/h9-12,17-19H,5-8,13-16H2,1-4H3. The lowest BCUT2D eigenvalue weighted by molar-refractivity contribution is -0.145. The van der Waals surface area contributed by atoms with Crippen molar-refractivity contribution in [1.82, 2.24) is 4.90 Å². The molecule has 0 fully saturated rings. The lowest BCUT2D eigenvalue weighted by Crippen LogP contribution is -2.31. The molecule has 0 bridgehead atoms. The zero-order valence-corrected chi connectivity index (χ0v) is 17.9. The van der Waals surface area contributed by atoms with Gasteiger partial charge in [-0.3, -0.25) is 9.69 Å². The highest BCUT2D eigenvalue weighted by molar-refractivity contribution is 5.86. The molecule has 0 N–H and O–H groups in total. The van der Waals surface area contributed by atoms with Crippen molar-refractivity contribution in [3.05, 3.63) is 42.0 Å². The Hall–Kier alpha value is -2.07. The minimum absolute atomic E-state index is 0.154. The minimum Gasteiger partial charge on any atom is -0.497 e. The summed E-state index contributed by atoms with van der Waals surface area (Å²) in [6.45, 7) is 9.77. The molecule has 2 aromatic carbocycles. The molecule has 2 rings (SSSR count). The number of unbranched alkanes of at least 4 members (excludes halogenated alkanes) is 2. The quantitative estimate of drug-likeness (QED) is 0.459. The number of rotatable bonds is 12. The van der Waals surface area contributed by atoms with E-state index < -0.39 is 0 Å². The lowest BCUT2D eigenvalue weighted by Gasteiger charge is -2.22. The molecular formula is C24H35NO3. The fourth-order valence-electron chi connectivity index (χ4n) is 3.27. The first kappa shape index (κ1) is 22.2. The Morgan fingerprint density at radius 1 is 0.964 bits per heavy atom. The van der Waals surface area contributed by atoms with Crippen LogP contribution in [0.15, 0.2) is 36.4 Å². The van der Waals surface area contributed by atoms with Gasteiger partial charge in [-0.1, -0.05) is 51.0 Å². The van der Waals surface area contributed by atoms with E-state index in [4.69, 9.17) is 9.47 Å². The van der Waals surface area contributed by atoms with Crippen LogP contribution in [0.4, 0.5) is 0 Å². The Bertz CT molecular complexity index is 736. The Morgan fingerprint density at radius 3 is 2.25 bits per heavy atom. The monoisotopic (exact) mass is 385 g/mol. The van der Waals surface area contributed by atoms with Crippen LogP contribution in [0.1, 0.15) is 57.9 Å². The number of nitrogens with zero attached hydrogens (tertiary/aromatic N) is 1. The first-order chi connectivity index (χ1) is 13.6. The van der Waals surface area contributed by atoms with Gasteiger partial charge in [0.1, 0.15) is 12.4 Å². The molecule has 2 aromatic rings. The van der Waals surface area contributed by atoms with Gasteiger partial charge >= 0.3 is 5.97 Å². The number of carbonyl (C=O) groups is 1. The highest BCUT2D eigenvalue weighted by Crippen LogP contribution is 2.25. The largest absolute Gasteiger partial charge is 0.497 e. The molecule has 28 heavy (non-hydrogen) atoms. The van der Waals surface area contributed by atoms with Gasteiger partial charge in [-0.05, 0) is 61.3 Å². The van der Waals surface area contributed by atoms with Crippen LogP contribution in [0, 0.1) is 0 Å². The van der Waals surface area contributed by atoms with E-state index in [-0.39, 0.29) is 11.9 Å². The van der Waals surface area contributed by atoms with Crippen molar-refractivity contribution in [3.8, 4) is 5.75 Å². The van der Waals surface area contributed by atoms with Gasteiger partial charge in [0.25, 0.3) is 0 Å². The van der Waals surface area contributed by atoms with Crippen LogP contribution >= 0.6 is 0 Å². The summed E-state index contributed by atoms with van der Waals surface area (Å²) in [4.78, 5) is 14.9. The van der Waals surface area contributed by atoms with E-state index in [0.29, 0.717) is 6.61 Å². The number of carbonyl (C=O) groups excluding carboxylic acids is 1. The van der Waals surface area contributed by atoms with Crippen molar-refractivity contribution in [2.24, 2.45) is 0 Å². The summed E-state index contributed by atoms with van der Waals surface area (Å²) in [5.74, 6) is 0.411. The van der Waals surface area contributed by atoms with Crippen LogP contribution in [0.5, 0.6) is 5.75 Å². The molecule has 4 nitrogen and oxygen atoms in total. The van der Waals surface area contributed by atoms with Crippen molar-refractivity contribution in [2.75, 3.05) is 33.4 Å². The van der Waals surface area contributed by atoms with Crippen molar-refractivity contribution in [1.29, 1.82) is 0 Å². The summed E-state index contributed by atoms with van der Waals surface area (Å²) < 4.78 is 10.9. The maximum absolute atomic E-state index is 12.5. The summed E-state index contributed by atoms with van der Waals surface area (Å²) in [6.07, 6.45) is 4.76. The molecule has 0 aromatic heterocycles. The molecule has 0 aliphatic heterocycles. The number of benzene rings is 2. The third kappa shape index (κ3) is 6.52. The minimum atomic E-state index is -0.272. The molecule has 0 aliphatic carbocycles. The van der Waals surface area contributed by atoms with E-state index in [0.717, 1.165) is 41.7 Å². The number of esters is 1. The molecular weight excluding hydrogens is 350 g/mol. The van der Waals surface area contributed by atoms with E-state index in [9.17, 15) is 4.79 Å². The van der Waals surface area contributed by atoms with Crippen LogP contribution in [0.2, 0.25) is 0 Å². The average Bonchev–Trinajstić information content (AvgIpc) is 2.73. The van der Waals surface area contributed by atoms with E-state index in [2.05, 4.69) is 24.8 Å². The fraction of sp³-hybridized carbons (Fsp3) is 0.542. The number of hydrogen-bond acceptors (Lipinski definition) is 4. The summed E-state index contributed by atoms with van der Waals surface area (Å²) in [7, 11) is 1.67. The van der Waals surface area contributed by atoms with Crippen molar-refractivity contribution in [3.63, 3.8) is 0 Å². The van der Waals surface area contributed by atoms with Crippen LogP contribution in [-0.4, -0.2) is 44.2 Å². The smallest absolute Gasteiger partial charge is 0.313 e. The number of fused-ring (bicyclic) bond motifs is 1. The maximum atomic E-state index is 12.5. The molecule has 0 heterocycles. The third-order valence-corrected chi connectivity index (χ3v) is 5.23. The highest BCUT2D eigenvalue weighted by Gasteiger charge is 2.17. The zero-order chi connectivity index (χ0) is 20.4. The van der Waals surface area contributed by atoms with Gasteiger partial charge in [0.05, 0.1) is 13.0 Å². The highest BCUT2D eigenvalue weighted by atomic mass is 16.5. The van der Waals surface area contributed by atoms with E-state index in [1.165, 1.54) is 25.7 Å². The topological polar surface area (TPSA) is 38.8 Å². The Balaban J connectivity index is 1.91. The van der Waals surface area contributed by atoms with Crippen molar-refractivity contribution in [2.45, 2.75) is 52.4 Å². The summed E-state index contributed by atoms with van der Waals surface area (Å²) >= 11 is 0. The summed E-state index contributed by atoms with van der Waals surface area (Å²) in [5.41, 5.74) is 0.983. The number of methoxy groups -OCH3 is 1. The predicted molar refractivity (Wildman–Crippen MR) is 116 cm³/mol. The second-order valence-corrected chi connectivity index (χ2v) is 7.41.